The molecule has 0 aromatic heterocycles. The number of carbonyl (C=O) groups is 2. The molecule has 0 saturated heterocycles. The van der Waals surface area contributed by atoms with E-state index in [0.717, 1.165) is 44.1 Å². The van der Waals surface area contributed by atoms with Gasteiger partial charge < -0.3 is 9.47 Å². The summed E-state index contributed by atoms with van der Waals surface area (Å²) in [5, 5.41) is 0. The van der Waals surface area contributed by atoms with Crippen LogP contribution in [-0.4, -0.2) is 25.2 Å². The lowest BCUT2D eigenvalue weighted by molar-refractivity contribution is -0.163. The van der Waals surface area contributed by atoms with Crippen LogP contribution in [0.25, 0.3) is 0 Å². The average molecular weight is 348 g/mol. The molecule has 0 heterocycles. The van der Waals surface area contributed by atoms with Gasteiger partial charge in [-0.1, -0.05) is 76.8 Å². The van der Waals surface area contributed by atoms with Crippen LogP contribution in [0.15, 0.2) is 30.3 Å². The molecule has 0 fully saturated rings. The molecule has 1 atom stereocenters. The molecular weight excluding hydrogens is 316 g/mol. The Bertz CT molecular complexity index is 474. The number of ether oxygens (including phenoxy) is 2. The highest BCUT2D eigenvalue weighted by molar-refractivity contribution is 5.96. The van der Waals surface area contributed by atoms with Gasteiger partial charge in [-0.2, -0.15) is 0 Å². The van der Waals surface area contributed by atoms with Crippen molar-refractivity contribution in [1.82, 2.24) is 0 Å². The van der Waals surface area contributed by atoms with Crippen molar-refractivity contribution in [1.29, 1.82) is 0 Å². The predicted molar refractivity (Wildman–Crippen MR) is 99.3 cm³/mol. The van der Waals surface area contributed by atoms with E-state index in [-0.39, 0.29) is 5.92 Å². The molecule has 0 spiro atoms. The SMILES string of the molecule is CCCCCOC(=O)C(C(=O)OCCCCC)C(C)c1ccccc1. The topological polar surface area (TPSA) is 52.6 Å². The monoisotopic (exact) mass is 348 g/mol. The first kappa shape index (κ1) is 21.2. The Kier molecular flexibility index (Phi) is 10.6. The lowest BCUT2D eigenvalue weighted by Gasteiger charge is -2.21. The van der Waals surface area contributed by atoms with Gasteiger partial charge >= 0.3 is 11.9 Å². The number of hydrogen-bond acceptors (Lipinski definition) is 4. The van der Waals surface area contributed by atoms with Gasteiger partial charge in [-0.15, -0.1) is 0 Å². The second kappa shape index (κ2) is 12.5. The first-order chi connectivity index (χ1) is 12.1. The average Bonchev–Trinajstić information content (AvgIpc) is 2.63. The standard InChI is InChI=1S/C21H32O4/c1-4-6-11-15-24-20(22)19(21(23)25-16-12-7-5-2)17(3)18-13-9-8-10-14-18/h8-10,13-14,17,19H,4-7,11-12,15-16H2,1-3H3. The molecule has 4 nitrogen and oxygen atoms in total. The molecule has 0 amide bonds. The summed E-state index contributed by atoms with van der Waals surface area (Å²) in [6, 6.07) is 9.57. The minimum atomic E-state index is -0.911. The van der Waals surface area contributed by atoms with Crippen LogP contribution < -0.4 is 0 Å². The third-order valence-electron chi connectivity index (χ3n) is 4.32. The fraction of sp³-hybridized carbons (Fsp3) is 0.619. The Morgan fingerprint density at radius 2 is 1.32 bits per heavy atom. The van der Waals surface area contributed by atoms with E-state index in [1.807, 2.05) is 37.3 Å². The summed E-state index contributed by atoms with van der Waals surface area (Å²) in [7, 11) is 0. The second-order valence-corrected chi connectivity index (χ2v) is 6.43. The maximum atomic E-state index is 12.5. The lowest BCUT2D eigenvalue weighted by atomic mass is 9.87. The van der Waals surface area contributed by atoms with Crippen molar-refractivity contribution in [3.05, 3.63) is 35.9 Å². The van der Waals surface area contributed by atoms with Gasteiger partial charge in [0.1, 0.15) is 0 Å². The summed E-state index contributed by atoms with van der Waals surface area (Å²) < 4.78 is 10.7. The fourth-order valence-electron chi connectivity index (χ4n) is 2.68. The summed E-state index contributed by atoms with van der Waals surface area (Å²) in [5.74, 6) is -2.15. The zero-order chi connectivity index (χ0) is 18.5. The quantitative estimate of drug-likeness (QED) is 0.307. The molecule has 0 N–H and O–H groups in total. The van der Waals surface area contributed by atoms with Crippen molar-refractivity contribution >= 4 is 11.9 Å². The van der Waals surface area contributed by atoms with E-state index in [0.29, 0.717) is 13.2 Å². The molecular formula is C21H32O4. The van der Waals surface area contributed by atoms with Gasteiger partial charge in [0.25, 0.3) is 0 Å². The molecule has 0 saturated carbocycles. The smallest absolute Gasteiger partial charge is 0.320 e. The number of esters is 2. The number of unbranched alkanes of at least 4 members (excludes halogenated alkanes) is 4. The summed E-state index contributed by atoms with van der Waals surface area (Å²) in [4.78, 5) is 25.1. The van der Waals surface area contributed by atoms with Crippen molar-refractivity contribution in [3.8, 4) is 0 Å². The van der Waals surface area contributed by atoms with Gasteiger partial charge in [-0.05, 0) is 18.4 Å². The normalized spacial score (nSPS) is 12.0. The van der Waals surface area contributed by atoms with Crippen molar-refractivity contribution in [2.45, 2.75) is 65.2 Å². The van der Waals surface area contributed by atoms with Crippen LogP contribution in [0.2, 0.25) is 0 Å². The van der Waals surface area contributed by atoms with E-state index < -0.39 is 17.9 Å². The van der Waals surface area contributed by atoms with E-state index in [9.17, 15) is 9.59 Å². The summed E-state index contributed by atoms with van der Waals surface area (Å²) >= 11 is 0. The van der Waals surface area contributed by atoms with Crippen LogP contribution in [0.4, 0.5) is 0 Å². The number of benzene rings is 1. The minimum absolute atomic E-state index is 0.279. The zero-order valence-electron chi connectivity index (χ0n) is 15.8. The van der Waals surface area contributed by atoms with Crippen LogP contribution in [0, 0.1) is 5.92 Å². The van der Waals surface area contributed by atoms with Gasteiger partial charge in [-0.3, -0.25) is 9.59 Å². The molecule has 0 aliphatic heterocycles. The first-order valence-corrected chi connectivity index (χ1v) is 9.50. The molecule has 0 aliphatic rings. The highest BCUT2D eigenvalue weighted by Crippen LogP contribution is 2.27. The molecule has 25 heavy (non-hydrogen) atoms. The van der Waals surface area contributed by atoms with Gasteiger partial charge in [0.15, 0.2) is 5.92 Å². The van der Waals surface area contributed by atoms with Crippen LogP contribution in [0.3, 0.4) is 0 Å². The number of rotatable bonds is 12. The molecule has 1 rings (SSSR count). The van der Waals surface area contributed by atoms with Crippen molar-refractivity contribution < 1.29 is 19.1 Å². The van der Waals surface area contributed by atoms with Crippen molar-refractivity contribution in [2.24, 2.45) is 5.92 Å². The maximum Gasteiger partial charge on any atom is 0.320 e. The van der Waals surface area contributed by atoms with E-state index in [1.165, 1.54) is 0 Å². The number of hydrogen-bond donors (Lipinski definition) is 0. The number of carbonyl (C=O) groups excluding carboxylic acids is 2. The van der Waals surface area contributed by atoms with Gasteiger partial charge in [0.05, 0.1) is 13.2 Å². The van der Waals surface area contributed by atoms with Gasteiger partial charge in [-0.25, -0.2) is 0 Å². The Hall–Kier alpha value is -1.84. The van der Waals surface area contributed by atoms with Crippen LogP contribution >= 0.6 is 0 Å². The summed E-state index contributed by atoms with van der Waals surface area (Å²) in [6.07, 6.45) is 5.77. The zero-order valence-corrected chi connectivity index (χ0v) is 15.8. The molecule has 1 aromatic carbocycles. The van der Waals surface area contributed by atoms with Gasteiger partial charge in [0, 0.05) is 5.92 Å². The molecule has 0 aliphatic carbocycles. The third kappa shape index (κ3) is 7.72. The fourth-order valence-corrected chi connectivity index (χ4v) is 2.68. The van der Waals surface area contributed by atoms with Crippen LogP contribution in [0.5, 0.6) is 0 Å². The van der Waals surface area contributed by atoms with Crippen LogP contribution in [0.1, 0.15) is 70.8 Å². The Morgan fingerprint density at radius 1 is 0.840 bits per heavy atom. The van der Waals surface area contributed by atoms with E-state index in [4.69, 9.17) is 9.47 Å². The predicted octanol–water partition coefficient (Wildman–Crippen LogP) is 4.87. The van der Waals surface area contributed by atoms with Crippen LogP contribution in [-0.2, 0) is 19.1 Å². The Labute approximate surface area is 151 Å². The molecule has 1 aromatic rings. The molecule has 0 radical (unpaired) electrons. The molecule has 0 bridgehead atoms. The van der Waals surface area contributed by atoms with Crippen molar-refractivity contribution in [2.75, 3.05) is 13.2 Å². The van der Waals surface area contributed by atoms with E-state index >= 15 is 0 Å². The molecule has 4 heteroatoms. The lowest BCUT2D eigenvalue weighted by Crippen LogP contribution is -2.32. The second-order valence-electron chi connectivity index (χ2n) is 6.43. The third-order valence-corrected chi connectivity index (χ3v) is 4.32. The Balaban J connectivity index is 2.74. The summed E-state index contributed by atoms with van der Waals surface area (Å²) in [6.45, 7) is 6.77. The Morgan fingerprint density at radius 3 is 1.76 bits per heavy atom. The first-order valence-electron chi connectivity index (χ1n) is 9.50. The molecule has 140 valence electrons. The highest BCUT2D eigenvalue weighted by atomic mass is 16.6. The van der Waals surface area contributed by atoms with Gasteiger partial charge in [0.2, 0.25) is 0 Å². The maximum absolute atomic E-state index is 12.5. The van der Waals surface area contributed by atoms with E-state index in [1.54, 1.807) is 0 Å². The molecule has 1 unspecified atom stereocenters. The highest BCUT2D eigenvalue weighted by Gasteiger charge is 2.36. The largest absolute Gasteiger partial charge is 0.465 e. The van der Waals surface area contributed by atoms with E-state index in [2.05, 4.69) is 13.8 Å². The van der Waals surface area contributed by atoms with Crippen molar-refractivity contribution in [3.63, 3.8) is 0 Å². The minimum Gasteiger partial charge on any atom is -0.465 e. The summed E-state index contributed by atoms with van der Waals surface area (Å²) in [5.41, 5.74) is 0.934.